The van der Waals surface area contributed by atoms with E-state index < -0.39 is 279 Å². The molecule has 0 saturated carbocycles. The molecule has 0 unspecified atom stereocenters. The summed E-state index contributed by atoms with van der Waals surface area (Å²) in [7, 11) is -30.1. The van der Waals surface area contributed by atoms with Crippen molar-refractivity contribution in [1.82, 2.24) is 8.25 Å². The zero-order valence-electron chi connectivity index (χ0n) is 52.4. The molecule has 0 fully saturated rings. The van der Waals surface area contributed by atoms with Crippen LogP contribution in [0.4, 0.5) is 132 Å². The molecule has 0 aromatic heterocycles. The monoisotopic (exact) mass is 1680 g/mol. The summed E-state index contributed by atoms with van der Waals surface area (Å²) < 4.78 is 557. The molecule has 0 radical (unpaired) electrons. The van der Waals surface area contributed by atoms with Crippen molar-refractivity contribution in [2.24, 2.45) is 0 Å². The number of hydrogen-bond acceptors (Lipinski definition) is 8. The van der Waals surface area contributed by atoms with E-state index in [1.54, 1.807) is 0 Å². The molecule has 0 bridgehead atoms. The summed E-state index contributed by atoms with van der Waals surface area (Å²) in [4.78, 5) is -4.85. The Morgan fingerprint density at radius 3 is 0.591 bits per heavy atom. The third-order valence-electron chi connectivity index (χ3n) is 16.0. The number of sulfonamides is 4. The van der Waals surface area contributed by atoms with E-state index in [-0.39, 0.29) is 105 Å². The van der Waals surface area contributed by atoms with Gasteiger partial charge in [0.15, 0.2) is 0 Å². The van der Waals surface area contributed by atoms with E-state index in [9.17, 15) is 149 Å². The van der Waals surface area contributed by atoms with Gasteiger partial charge in [0.05, 0.1) is 54.3 Å². The minimum Gasteiger partial charge on any atom is -0.206 e. The summed E-state index contributed by atoms with van der Waals surface area (Å²) >= 11 is 0. The maximum absolute atomic E-state index is 15.6. The molecule has 110 heavy (non-hydrogen) atoms. The summed E-state index contributed by atoms with van der Waals surface area (Å²) in [5.74, 6) is 0. The fourth-order valence-corrected chi connectivity index (χ4v) is 17.0. The smallest absolute Gasteiger partial charge is 0.206 e. The summed E-state index contributed by atoms with van der Waals surface area (Å²) in [6.07, 6.45) is -47.1. The third-order valence-corrected chi connectivity index (χ3v) is 22.7. The average molecular weight is 1680 g/mol. The average Bonchev–Trinajstić information content (AvgIpc) is 0.704. The standard InChI is InChI=1S/C66H30F30N2O8S4/c67-57(68,69)41-15-35(16-42(25-41)58(70,71)72)31-9-32(36-17-43(59(73,74)75)26-44(18-36)60(76,77)78)12-39(11-31)51-23-29-5-1-3-7-49(29)53(55(51)107(99,100)97-109(103,104)65(91,92)93)54-50-8-4-2-6-30(50)24-52(56(54)108(101,102)98-110(105,106)66(94,95)96)40-13-33(37-19-45(61(79,80)81)27-46(20-37)62(82,83)84)10-34(14-40)38-21-47(63(85,86)87)28-48(22-38)64(88,89)90/h1-28,97-98H. The van der Waals surface area contributed by atoms with Gasteiger partial charge in [0, 0.05) is 22.3 Å². The van der Waals surface area contributed by atoms with Gasteiger partial charge >= 0.3 is 80.5 Å². The van der Waals surface area contributed by atoms with E-state index in [1.165, 1.54) is 0 Å². The van der Waals surface area contributed by atoms with Gasteiger partial charge in [0.25, 0.3) is 20.0 Å². The number of fused-ring (bicyclic) bond motifs is 2. The van der Waals surface area contributed by atoms with E-state index in [2.05, 4.69) is 0 Å². The van der Waals surface area contributed by atoms with Crippen molar-refractivity contribution in [2.75, 3.05) is 0 Å². The molecule has 10 aromatic carbocycles. The van der Waals surface area contributed by atoms with E-state index in [4.69, 9.17) is 0 Å². The Morgan fingerprint density at radius 2 is 0.400 bits per heavy atom. The van der Waals surface area contributed by atoms with Crippen LogP contribution in [0.1, 0.15) is 44.5 Å². The largest absolute Gasteiger partial charge is 0.512 e. The lowest BCUT2D eigenvalue weighted by atomic mass is 9.85. The summed E-state index contributed by atoms with van der Waals surface area (Å²) in [5.41, 5.74) is -54.1. The Kier molecular flexibility index (Phi) is 20.4. The van der Waals surface area contributed by atoms with Crippen LogP contribution in [-0.2, 0) is 89.5 Å². The highest BCUT2D eigenvalue weighted by atomic mass is 32.3. The maximum atomic E-state index is 15.6. The summed E-state index contributed by atoms with van der Waals surface area (Å²) in [6, 6.07) is 3.24. The predicted octanol–water partition coefficient (Wildman–Crippen LogP) is 22.1. The van der Waals surface area contributed by atoms with Crippen LogP contribution in [0.15, 0.2) is 180 Å². The number of halogens is 30. The molecule has 0 amide bonds. The van der Waals surface area contributed by atoms with Crippen molar-refractivity contribution >= 4 is 61.6 Å². The SMILES string of the molecule is O=S(=O)(NS(=O)(=O)C(F)(F)F)c1c(-c2cc(-c3cc(C(F)(F)F)cc(C(F)(F)F)c3)cc(-c3cc(C(F)(F)F)cc(C(F)(F)F)c3)c2)cc2ccccc2c1-c1c(S(=O)(=O)NS(=O)(=O)C(F)(F)F)c(-c2cc(-c3cc(C(F)(F)F)cc(C(F)(F)F)c3)cc(-c3cc(C(F)(F)F)cc(C(F)(F)F)c3)c2)cc2ccccc12. The van der Waals surface area contributed by atoms with Crippen molar-refractivity contribution in [3.63, 3.8) is 0 Å². The molecule has 10 aromatic rings. The first-order chi connectivity index (χ1) is 49.8. The quantitative estimate of drug-likeness (QED) is 0.108. The normalized spacial score (nSPS) is 13.9. The first-order valence-corrected chi connectivity index (χ1v) is 35.0. The van der Waals surface area contributed by atoms with Gasteiger partial charge in [-0.05, 0) is 199 Å². The summed E-state index contributed by atoms with van der Waals surface area (Å²) in [6.45, 7) is 0. The van der Waals surface area contributed by atoms with Crippen LogP contribution in [0.3, 0.4) is 0 Å². The summed E-state index contributed by atoms with van der Waals surface area (Å²) in [5, 5.41) is -4.19. The molecule has 0 aliphatic heterocycles. The fraction of sp³-hybridized carbons (Fsp3) is 0.152. The van der Waals surface area contributed by atoms with Crippen molar-refractivity contribution in [3.8, 4) is 77.9 Å². The number of nitrogens with one attached hydrogen (secondary N) is 2. The minimum absolute atomic E-state index is 0.148. The highest BCUT2D eigenvalue weighted by Crippen LogP contribution is 2.54. The second kappa shape index (κ2) is 27.1. The molecule has 0 heterocycles. The maximum Gasteiger partial charge on any atom is 0.512 e. The van der Waals surface area contributed by atoms with Gasteiger partial charge in [0.2, 0.25) is 0 Å². The molecule has 0 saturated heterocycles. The van der Waals surface area contributed by atoms with Gasteiger partial charge in [-0.3, -0.25) is 0 Å². The Hall–Kier alpha value is -9.66. The van der Waals surface area contributed by atoms with Crippen LogP contribution in [0.2, 0.25) is 0 Å². The van der Waals surface area contributed by atoms with Gasteiger partial charge in [-0.2, -0.15) is 132 Å². The van der Waals surface area contributed by atoms with Crippen LogP contribution in [0.5, 0.6) is 0 Å². The molecular formula is C66H30F30N2O8S4. The van der Waals surface area contributed by atoms with Crippen molar-refractivity contribution in [1.29, 1.82) is 0 Å². The van der Waals surface area contributed by atoms with Crippen LogP contribution in [0.25, 0.3) is 99.4 Å². The molecule has 586 valence electrons. The van der Waals surface area contributed by atoms with E-state index in [0.29, 0.717) is 24.3 Å². The third kappa shape index (κ3) is 17.0. The van der Waals surface area contributed by atoms with Crippen molar-refractivity contribution in [2.45, 2.75) is 70.2 Å². The minimum atomic E-state index is -7.70. The molecule has 10 nitrogen and oxygen atoms in total. The Balaban J connectivity index is 1.52. The lowest BCUT2D eigenvalue weighted by Gasteiger charge is -2.25. The molecule has 0 atom stereocenters. The first kappa shape index (κ1) is 82.8. The van der Waals surface area contributed by atoms with Gasteiger partial charge < -0.3 is 0 Å². The first-order valence-electron chi connectivity index (χ1n) is 29.1. The molecule has 0 aliphatic carbocycles. The van der Waals surface area contributed by atoms with Gasteiger partial charge in [-0.1, -0.05) is 56.8 Å². The second-order valence-corrected chi connectivity index (χ2v) is 30.7. The number of benzene rings is 10. The van der Waals surface area contributed by atoms with Gasteiger partial charge in [-0.25, -0.2) is 33.7 Å². The van der Waals surface area contributed by atoms with Crippen LogP contribution < -0.4 is 8.25 Å². The molecule has 10 rings (SSSR count). The zero-order chi connectivity index (χ0) is 82.4. The van der Waals surface area contributed by atoms with Crippen molar-refractivity contribution in [3.05, 3.63) is 214 Å². The van der Waals surface area contributed by atoms with Crippen LogP contribution in [-0.4, -0.2) is 44.7 Å². The second-order valence-electron chi connectivity index (χ2n) is 23.5. The Bertz CT molecular complexity index is 5220. The Morgan fingerprint density at radius 1 is 0.218 bits per heavy atom. The predicted molar refractivity (Wildman–Crippen MR) is 330 cm³/mol. The molecule has 0 aliphatic rings. The van der Waals surface area contributed by atoms with Crippen molar-refractivity contribution < 1.29 is 165 Å². The molecular weight excluding hydrogens is 1650 g/mol. The lowest BCUT2D eigenvalue weighted by molar-refractivity contribution is -0.144. The molecule has 0 spiro atoms. The lowest BCUT2D eigenvalue weighted by Crippen LogP contribution is -2.41. The Labute approximate surface area is 595 Å². The van der Waals surface area contributed by atoms with E-state index in [0.717, 1.165) is 24.3 Å². The topological polar surface area (TPSA) is 161 Å². The highest BCUT2D eigenvalue weighted by Gasteiger charge is 2.52. The molecule has 2 N–H and O–H groups in total. The number of alkyl halides is 30. The van der Waals surface area contributed by atoms with E-state index >= 15 is 16.8 Å². The van der Waals surface area contributed by atoms with E-state index in [1.807, 2.05) is 0 Å². The number of rotatable bonds is 13. The van der Waals surface area contributed by atoms with Crippen LogP contribution >= 0.6 is 0 Å². The van der Waals surface area contributed by atoms with Gasteiger partial charge in [-0.15, -0.1) is 0 Å². The molecule has 44 heteroatoms. The fourth-order valence-electron chi connectivity index (χ4n) is 11.3. The zero-order valence-corrected chi connectivity index (χ0v) is 55.7. The number of hydrogen-bond donors (Lipinski definition) is 2. The highest BCUT2D eigenvalue weighted by molar-refractivity contribution is 8.05. The van der Waals surface area contributed by atoms with Gasteiger partial charge in [0.1, 0.15) is 0 Å². The van der Waals surface area contributed by atoms with Crippen LogP contribution in [0, 0.1) is 0 Å².